The number of likely N-dealkylation sites (tertiary alicyclic amines) is 1. The highest BCUT2D eigenvalue weighted by atomic mass is 19.1. The van der Waals surface area contributed by atoms with Gasteiger partial charge in [0.05, 0.1) is 0 Å². The minimum Gasteiger partial charge on any atom is -0.342 e. The molecular weight excluding hydrogens is 319 g/mol. The number of carbonyl (C=O) groups is 2. The highest BCUT2D eigenvalue weighted by Gasteiger charge is 2.33. The van der Waals surface area contributed by atoms with E-state index in [1.54, 1.807) is 12.1 Å². The van der Waals surface area contributed by atoms with E-state index in [4.69, 9.17) is 0 Å². The summed E-state index contributed by atoms with van der Waals surface area (Å²) >= 11 is 0. The predicted molar refractivity (Wildman–Crippen MR) is 95.5 cm³/mol. The number of nitrogens with one attached hydrogen (secondary N) is 1. The lowest BCUT2D eigenvalue weighted by Gasteiger charge is -2.35. The maximum absolute atomic E-state index is 12.9. The number of rotatable bonds is 3. The van der Waals surface area contributed by atoms with E-state index in [9.17, 15) is 14.0 Å². The summed E-state index contributed by atoms with van der Waals surface area (Å²) in [7, 11) is 0. The Bertz CT molecular complexity index is 609. The monoisotopic (exact) mass is 346 g/mol. The Hall–Kier alpha value is -1.91. The number of halogens is 1. The third-order valence-electron chi connectivity index (χ3n) is 5.53. The van der Waals surface area contributed by atoms with Crippen molar-refractivity contribution in [2.45, 2.75) is 45.4 Å². The van der Waals surface area contributed by atoms with Gasteiger partial charge in [0.2, 0.25) is 11.8 Å². The van der Waals surface area contributed by atoms with Crippen molar-refractivity contribution in [2.75, 3.05) is 18.4 Å². The Morgan fingerprint density at radius 3 is 2.32 bits per heavy atom. The molecule has 2 fully saturated rings. The molecule has 25 heavy (non-hydrogen) atoms. The van der Waals surface area contributed by atoms with Crippen LogP contribution in [0.5, 0.6) is 0 Å². The molecule has 1 unspecified atom stereocenters. The summed E-state index contributed by atoms with van der Waals surface area (Å²) in [5.74, 6) is 0.544. The molecular formula is C20H27FN2O2. The number of benzene rings is 1. The van der Waals surface area contributed by atoms with Crippen molar-refractivity contribution in [2.24, 2.45) is 17.8 Å². The quantitative estimate of drug-likeness (QED) is 0.904. The van der Waals surface area contributed by atoms with Gasteiger partial charge in [-0.15, -0.1) is 0 Å². The largest absolute Gasteiger partial charge is 0.342 e. The van der Waals surface area contributed by atoms with E-state index in [1.165, 1.54) is 18.6 Å². The minimum absolute atomic E-state index is 0.0240. The molecule has 1 aromatic rings. The van der Waals surface area contributed by atoms with Gasteiger partial charge < -0.3 is 10.2 Å². The molecule has 1 aliphatic carbocycles. The van der Waals surface area contributed by atoms with Crippen LogP contribution in [0.3, 0.4) is 0 Å². The van der Waals surface area contributed by atoms with Gasteiger partial charge in [0, 0.05) is 30.6 Å². The number of anilines is 1. The average molecular weight is 346 g/mol. The van der Waals surface area contributed by atoms with Crippen LogP contribution in [0.2, 0.25) is 0 Å². The second-order valence-electron chi connectivity index (χ2n) is 7.58. The molecule has 0 spiro atoms. The Balaban J connectivity index is 1.48. The van der Waals surface area contributed by atoms with E-state index in [1.807, 2.05) is 4.90 Å². The Kier molecular flexibility index (Phi) is 5.71. The Labute approximate surface area is 148 Å². The topological polar surface area (TPSA) is 49.4 Å². The summed E-state index contributed by atoms with van der Waals surface area (Å²) in [6.45, 7) is 3.97. The zero-order valence-electron chi connectivity index (χ0n) is 14.8. The molecule has 0 radical (unpaired) electrons. The molecule has 1 atom stereocenters. The van der Waals surface area contributed by atoms with E-state index in [2.05, 4.69) is 12.2 Å². The molecule has 2 amide bonds. The fraction of sp³-hybridized carbons (Fsp3) is 0.600. The first-order valence-corrected chi connectivity index (χ1v) is 9.38. The number of piperidine rings is 1. The van der Waals surface area contributed by atoms with Crippen LogP contribution >= 0.6 is 0 Å². The fourth-order valence-electron chi connectivity index (χ4n) is 4.03. The molecule has 5 heteroatoms. The van der Waals surface area contributed by atoms with Crippen molar-refractivity contribution in [3.8, 4) is 0 Å². The summed E-state index contributed by atoms with van der Waals surface area (Å²) in [6.07, 6.45) is 5.36. The van der Waals surface area contributed by atoms with Crippen LogP contribution < -0.4 is 5.32 Å². The van der Waals surface area contributed by atoms with Crippen LogP contribution in [0, 0.1) is 23.6 Å². The van der Waals surface area contributed by atoms with Gasteiger partial charge in [0.1, 0.15) is 5.82 Å². The lowest BCUT2D eigenvalue weighted by Crippen LogP contribution is -2.43. The molecule has 4 nitrogen and oxygen atoms in total. The summed E-state index contributed by atoms with van der Waals surface area (Å²) in [5.41, 5.74) is 0.618. The zero-order valence-corrected chi connectivity index (χ0v) is 14.8. The molecule has 0 bridgehead atoms. The van der Waals surface area contributed by atoms with Gasteiger partial charge in [-0.2, -0.15) is 0 Å². The van der Waals surface area contributed by atoms with Crippen LogP contribution in [-0.2, 0) is 9.59 Å². The van der Waals surface area contributed by atoms with Gasteiger partial charge in [0.25, 0.3) is 0 Å². The molecule has 1 heterocycles. The van der Waals surface area contributed by atoms with Crippen molar-refractivity contribution in [3.05, 3.63) is 30.1 Å². The van der Waals surface area contributed by atoms with Crippen molar-refractivity contribution in [3.63, 3.8) is 0 Å². The SMILES string of the molecule is CC1CCCN(C(=O)C2CCC(C(=O)Nc3ccc(F)cc3)CC2)C1. The normalized spacial score (nSPS) is 27.0. The van der Waals surface area contributed by atoms with Gasteiger partial charge >= 0.3 is 0 Å². The second kappa shape index (κ2) is 7.98. The smallest absolute Gasteiger partial charge is 0.227 e. The lowest BCUT2D eigenvalue weighted by molar-refractivity contribution is -0.139. The summed E-state index contributed by atoms with van der Waals surface area (Å²) in [5, 5.41) is 2.85. The highest BCUT2D eigenvalue weighted by molar-refractivity contribution is 5.92. The molecule has 1 saturated heterocycles. The van der Waals surface area contributed by atoms with Crippen LogP contribution in [0.25, 0.3) is 0 Å². The fourth-order valence-corrected chi connectivity index (χ4v) is 4.03. The molecule has 1 saturated carbocycles. The number of hydrogen-bond acceptors (Lipinski definition) is 2. The first-order valence-electron chi connectivity index (χ1n) is 9.38. The van der Waals surface area contributed by atoms with Gasteiger partial charge in [-0.1, -0.05) is 6.92 Å². The Morgan fingerprint density at radius 1 is 1.04 bits per heavy atom. The van der Waals surface area contributed by atoms with Crippen LogP contribution in [0.1, 0.15) is 45.4 Å². The third kappa shape index (κ3) is 4.59. The van der Waals surface area contributed by atoms with Gasteiger partial charge in [0.15, 0.2) is 0 Å². The first kappa shape index (κ1) is 17.9. The molecule has 0 aromatic heterocycles. The summed E-state index contributed by atoms with van der Waals surface area (Å²) in [6, 6.07) is 5.81. The highest BCUT2D eigenvalue weighted by Crippen LogP contribution is 2.32. The third-order valence-corrected chi connectivity index (χ3v) is 5.53. The van der Waals surface area contributed by atoms with Crippen LogP contribution in [0.15, 0.2) is 24.3 Å². The van der Waals surface area contributed by atoms with Crippen molar-refractivity contribution >= 4 is 17.5 Å². The van der Waals surface area contributed by atoms with E-state index >= 15 is 0 Å². The standard InChI is InChI=1S/C20H27FN2O2/c1-14-3-2-12-23(13-14)20(25)16-6-4-15(5-7-16)19(24)22-18-10-8-17(21)9-11-18/h8-11,14-16H,2-7,12-13H2,1H3,(H,22,24). The molecule has 3 rings (SSSR count). The maximum Gasteiger partial charge on any atom is 0.227 e. The Morgan fingerprint density at radius 2 is 1.68 bits per heavy atom. The van der Waals surface area contributed by atoms with E-state index in [0.717, 1.165) is 45.2 Å². The first-order chi connectivity index (χ1) is 12.0. The zero-order chi connectivity index (χ0) is 17.8. The van der Waals surface area contributed by atoms with E-state index < -0.39 is 0 Å². The van der Waals surface area contributed by atoms with Crippen LogP contribution in [-0.4, -0.2) is 29.8 Å². The van der Waals surface area contributed by atoms with Gasteiger partial charge in [-0.25, -0.2) is 4.39 Å². The van der Waals surface area contributed by atoms with E-state index in [-0.39, 0.29) is 29.5 Å². The lowest BCUT2D eigenvalue weighted by atomic mass is 9.80. The second-order valence-corrected chi connectivity index (χ2v) is 7.58. The number of carbonyl (C=O) groups excluding carboxylic acids is 2. The van der Waals surface area contributed by atoms with Crippen molar-refractivity contribution in [1.29, 1.82) is 0 Å². The number of amides is 2. The predicted octanol–water partition coefficient (Wildman–Crippen LogP) is 3.83. The van der Waals surface area contributed by atoms with Crippen LogP contribution in [0.4, 0.5) is 10.1 Å². The van der Waals surface area contributed by atoms with Crippen molar-refractivity contribution < 1.29 is 14.0 Å². The molecule has 2 aliphatic rings. The number of hydrogen-bond donors (Lipinski definition) is 1. The average Bonchev–Trinajstić information content (AvgIpc) is 2.63. The minimum atomic E-state index is -0.316. The van der Waals surface area contributed by atoms with Crippen molar-refractivity contribution in [1.82, 2.24) is 4.90 Å². The molecule has 1 aliphatic heterocycles. The summed E-state index contributed by atoms with van der Waals surface area (Å²) < 4.78 is 12.9. The number of nitrogens with zero attached hydrogens (tertiary/aromatic N) is 1. The molecule has 136 valence electrons. The molecule has 1 N–H and O–H groups in total. The van der Waals surface area contributed by atoms with E-state index in [0.29, 0.717) is 11.6 Å². The molecule has 1 aromatic carbocycles. The summed E-state index contributed by atoms with van der Waals surface area (Å²) in [4.78, 5) is 27.1. The van der Waals surface area contributed by atoms with Gasteiger partial charge in [-0.3, -0.25) is 9.59 Å². The van der Waals surface area contributed by atoms with Gasteiger partial charge in [-0.05, 0) is 68.7 Å². The maximum atomic E-state index is 12.9.